The second-order valence-corrected chi connectivity index (χ2v) is 14.4. The number of unbranched alkanes of at least 4 members (excludes halogenated alkanes) is 13. The van der Waals surface area contributed by atoms with Gasteiger partial charge in [0, 0.05) is 20.3 Å². The number of nitrogens with one attached hydrogen (secondary N) is 1. The number of hydrogen-bond acceptors (Lipinski definition) is 7. The van der Waals surface area contributed by atoms with Crippen LogP contribution in [0.25, 0.3) is 0 Å². The van der Waals surface area contributed by atoms with Gasteiger partial charge in [0.25, 0.3) is 0 Å². The molecule has 0 bridgehead atoms. The molecule has 218 valence electrons. The predicted octanol–water partition coefficient (Wildman–Crippen LogP) is 6.52. The van der Waals surface area contributed by atoms with Crippen molar-refractivity contribution in [3.05, 3.63) is 0 Å². The van der Waals surface area contributed by atoms with E-state index in [9.17, 15) is 18.9 Å². The lowest BCUT2D eigenvalue weighted by Crippen LogP contribution is -2.41. The molecule has 0 saturated carbocycles. The molecule has 0 fully saturated rings. The van der Waals surface area contributed by atoms with Crippen molar-refractivity contribution >= 4 is 15.2 Å². The number of nitrogens with two attached hydrogens (primary N) is 1. The van der Waals surface area contributed by atoms with E-state index >= 15 is 0 Å². The molecule has 11 heteroatoms. The zero-order valence-corrected chi connectivity index (χ0v) is 25.0. The van der Waals surface area contributed by atoms with Crippen LogP contribution in [0.3, 0.4) is 0 Å². The van der Waals surface area contributed by atoms with Gasteiger partial charge in [-0.05, 0) is 39.3 Å². The van der Waals surface area contributed by atoms with E-state index in [1.165, 1.54) is 77.0 Å². The van der Waals surface area contributed by atoms with Crippen LogP contribution in [0.2, 0.25) is 0 Å². The van der Waals surface area contributed by atoms with Crippen molar-refractivity contribution in [2.75, 3.05) is 40.5 Å². The second-order valence-electron chi connectivity index (χ2n) is 9.71. The van der Waals surface area contributed by atoms with Crippen molar-refractivity contribution in [1.29, 1.82) is 0 Å². The zero-order chi connectivity index (χ0) is 27.2. The Morgan fingerprint density at radius 1 is 0.750 bits per heavy atom. The van der Waals surface area contributed by atoms with Gasteiger partial charge >= 0.3 is 15.2 Å². The highest BCUT2D eigenvalue weighted by atomic mass is 31.2. The molecular weight excluding hydrogens is 502 g/mol. The molecule has 0 aromatic rings. The Balaban J connectivity index is 3.84. The fraction of sp³-hybridized carbons (Fsp3) is 1.00. The minimum Gasteiger partial charge on any atom is -0.381 e. The summed E-state index contributed by atoms with van der Waals surface area (Å²) in [6.45, 7) is 3.78. The first kappa shape index (κ1) is 36.2. The summed E-state index contributed by atoms with van der Waals surface area (Å²) in [5.74, 6) is 0. The molecule has 0 saturated heterocycles. The van der Waals surface area contributed by atoms with Gasteiger partial charge in [0.1, 0.15) is 0 Å². The average molecular weight is 559 g/mol. The van der Waals surface area contributed by atoms with Crippen LogP contribution in [-0.4, -0.2) is 55.3 Å². The van der Waals surface area contributed by atoms with Crippen LogP contribution in [0, 0.1) is 0 Å². The molecular formula is C25H56N2O7P2. The molecule has 0 aromatic carbocycles. The van der Waals surface area contributed by atoms with E-state index in [0.29, 0.717) is 32.6 Å². The SMILES string of the molecule is CCCCCCCCCCCCCCCCOCCCOP(=O)(OC)C(N)(CCCNC)P(=O)(O)O. The van der Waals surface area contributed by atoms with Gasteiger partial charge in [-0.1, -0.05) is 90.4 Å². The minimum atomic E-state index is -4.96. The van der Waals surface area contributed by atoms with E-state index in [1.807, 2.05) is 0 Å². The van der Waals surface area contributed by atoms with Crippen LogP contribution >= 0.6 is 15.2 Å². The summed E-state index contributed by atoms with van der Waals surface area (Å²) < 4.78 is 41.1. The number of rotatable bonds is 27. The average Bonchev–Trinajstić information content (AvgIpc) is 2.84. The summed E-state index contributed by atoms with van der Waals surface area (Å²) in [5.41, 5.74) is 5.95. The second kappa shape index (κ2) is 22.0. The third-order valence-electron chi connectivity index (χ3n) is 6.53. The quantitative estimate of drug-likeness (QED) is 0.0655. The van der Waals surface area contributed by atoms with E-state index in [0.717, 1.165) is 20.0 Å². The Morgan fingerprint density at radius 2 is 1.22 bits per heavy atom. The third-order valence-corrected chi connectivity index (χ3v) is 11.5. The lowest BCUT2D eigenvalue weighted by atomic mass is 10.0. The van der Waals surface area contributed by atoms with Gasteiger partial charge in [0.2, 0.25) is 5.02 Å². The molecule has 9 nitrogen and oxygen atoms in total. The number of ether oxygens (including phenoxy) is 1. The minimum absolute atomic E-state index is 0.0190. The van der Waals surface area contributed by atoms with Crippen LogP contribution in [0.4, 0.5) is 0 Å². The highest BCUT2D eigenvalue weighted by Gasteiger charge is 2.59. The number of hydrogen-bond donors (Lipinski definition) is 4. The molecule has 0 aliphatic carbocycles. The van der Waals surface area contributed by atoms with Gasteiger partial charge in [-0.25, -0.2) is 0 Å². The van der Waals surface area contributed by atoms with Crippen LogP contribution in [0.15, 0.2) is 0 Å². The topological polar surface area (TPSA) is 140 Å². The van der Waals surface area contributed by atoms with Crippen molar-refractivity contribution in [1.82, 2.24) is 5.32 Å². The van der Waals surface area contributed by atoms with E-state index in [-0.39, 0.29) is 13.0 Å². The largest absolute Gasteiger partial charge is 0.381 e. The van der Waals surface area contributed by atoms with Crippen molar-refractivity contribution in [3.63, 3.8) is 0 Å². The first-order valence-corrected chi connectivity index (χ1v) is 17.2. The van der Waals surface area contributed by atoms with Gasteiger partial charge in [0.15, 0.2) is 0 Å². The summed E-state index contributed by atoms with van der Waals surface area (Å²) in [5, 5.41) is 0.497. The predicted molar refractivity (Wildman–Crippen MR) is 148 cm³/mol. The van der Waals surface area contributed by atoms with E-state index < -0.39 is 20.2 Å². The molecule has 0 aliphatic rings. The smallest absolute Gasteiger partial charge is 0.362 e. The first-order chi connectivity index (χ1) is 17.2. The van der Waals surface area contributed by atoms with Crippen molar-refractivity contribution < 1.29 is 32.7 Å². The zero-order valence-electron chi connectivity index (χ0n) is 23.3. The Labute approximate surface area is 220 Å². The summed E-state index contributed by atoms with van der Waals surface area (Å²) in [6.07, 6.45) is 18.9. The molecule has 0 spiro atoms. The summed E-state index contributed by atoms with van der Waals surface area (Å²) in [6, 6.07) is 0. The van der Waals surface area contributed by atoms with E-state index in [1.54, 1.807) is 7.05 Å². The first-order valence-electron chi connectivity index (χ1n) is 14.1. The molecule has 0 radical (unpaired) electrons. The van der Waals surface area contributed by atoms with Gasteiger partial charge < -0.3 is 34.6 Å². The van der Waals surface area contributed by atoms with E-state index in [2.05, 4.69) is 12.2 Å². The van der Waals surface area contributed by atoms with Gasteiger partial charge in [-0.15, -0.1) is 0 Å². The Hall–Kier alpha value is 0.180. The molecule has 0 rings (SSSR count). The lowest BCUT2D eigenvalue weighted by molar-refractivity contribution is 0.111. The van der Waals surface area contributed by atoms with Gasteiger partial charge in [0.05, 0.1) is 6.61 Å². The maximum absolute atomic E-state index is 13.1. The third kappa shape index (κ3) is 15.6. The molecule has 2 atom stereocenters. The highest BCUT2D eigenvalue weighted by Crippen LogP contribution is 2.72. The standard InChI is InChI=1S/C25H56N2O7P2/c1-4-5-6-7-8-9-10-11-12-13-14-15-16-17-22-33-23-19-24-34-36(31,32-3)25(26,35(28,29)30)20-18-21-27-2/h27H,4-24,26H2,1-3H3,(H2,28,29,30). The monoisotopic (exact) mass is 558 g/mol. The van der Waals surface area contributed by atoms with E-state index in [4.69, 9.17) is 19.5 Å². The summed E-state index contributed by atoms with van der Waals surface area (Å²) in [4.78, 5) is 19.5. The fourth-order valence-electron chi connectivity index (χ4n) is 4.14. The molecule has 0 amide bonds. The highest BCUT2D eigenvalue weighted by molar-refractivity contribution is 7.73. The fourth-order valence-corrected chi connectivity index (χ4v) is 7.73. The van der Waals surface area contributed by atoms with Gasteiger partial charge in [-0.2, -0.15) is 0 Å². The van der Waals surface area contributed by atoms with Crippen LogP contribution in [0.1, 0.15) is 116 Å². The normalized spacial score (nSPS) is 15.6. The van der Waals surface area contributed by atoms with Crippen LogP contribution in [-0.2, 0) is 22.9 Å². The van der Waals surface area contributed by atoms with Gasteiger partial charge in [-0.3, -0.25) is 9.13 Å². The molecule has 0 aliphatic heterocycles. The summed E-state index contributed by atoms with van der Waals surface area (Å²) in [7, 11) is -6.39. The Kier molecular flexibility index (Phi) is 22.2. The molecule has 0 aromatic heterocycles. The molecule has 2 unspecified atom stereocenters. The van der Waals surface area contributed by atoms with Crippen LogP contribution < -0.4 is 11.1 Å². The summed E-state index contributed by atoms with van der Waals surface area (Å²) >= 11 is 0. The molecule has 5 N–H and O–H groups in total. The van der Waals surface area contributed by atoms with Crippen LogP contribution in [0.5, 0.6) is 0 Å². The molecule has 0 heterocycles. The van der Waals surface area contributed by atoms with Crippen molar-refractivity contribution in [2.24, 2.45) is 5.73 Å². The Bertz CT molecular complexity index is 607. The maximum atomic E-state index is 13.1. The van der Waals surface area contributed by atoms with Crippen molar-refractivity contribution in [3.8, 4) is 0 Å². The molecule has 36 heavy (non-hydrogen) atoms. The van der Waals surface area contributed by atoms with Crippen molar-refractivity contribution in [2.45, 2.75) is 121 Å². The lowest BCUT2D eigenvalue weighted by Gasteiger charge is -2.35. The Morgan fingerprint density at radius 3 is 1.67 bits per heavy atom. The maximum Gasteiger partial charge on any atom is 0.362 e.